The van der Waals surface area contributed by atoms with Crippen molar-refractivity contribution in [2.45, 2.75) is 31.7 Å². The molecule has 1 aliphatic rings. The molecule has 1 N–H and O–H groups in total. The standard InChI is InChI=1S/C24H27BrN4O2/c1-28(2)14-13-20(30)23-19-9-6-10-22(26-17-7-4-5-8-17)29(19)27-24(23)16-11-12-21(31-3)18(25)15-16/h6,9-15,17,26H,4-5,7-8H2,1-3H3. The van der Waals surface area contributed by atoms with E-state index in [1.165, 1.54) is 12.8 Å². The molecule has 0 saturated heterocycles. The van der Waals surface area contributed by atoms with Crippen molar-refractivity contribution < 1.29 is 9.53 Å². The first kappa shape index (κ1) is 21.4. The molecule has 0 aliphatic heterocycles. The predicted octanol–water partition coefficient (Wildman–Crippen LogP) is 5.38. The number of hydrogen-bond donors (Lipinski definition) is 1. The number of halogens is 1. The normalized spacial score (nSPS) is 14.5. The van der Waals surface area contributed by atoms with Crippen molar-refractivity contribution >= 4 is 33.0 Å². The van der Waals surface area contributed by atoms with E-state index in [9.17, 15) is 4.79 Å². The second-order valence-corrected chi connectivity index (χ2v) is 8.90. The van der Waals surface area contributed by atoms with Gasteiger partial charge in [0.2, 0.25) is 0 Å². The topological polar surface area (TPSA) is 58.9 Å². The Bertz CT molecular complexity index is 1130. The fourth-order valence-corrected chi connectivity index (χ4v) is 4.56. The highest BCUT2D eigenvalue weighted by atomic mass is 79.9. The van der Waals surface area contributed by atoms with Crippen LogP contribution in [0.25, 0.3) is 16.8 Å². The number of methoxy groups -OCH3 is 1. The van der Waals surface area contributed by atoms with Crippen LogP contribution < -0.4 is 10.1 Å². The summed E-state index contributed by atoms with van der Waals surface area (Å²) in [6.07, 6.45) is 8.17. The Morgan fingerprint density at radius 2 is 2.03 bits per heavy atom. The zero-order chi connectivity index (χ0) is 22.0. The van der Waals surface area contributed by atoms with E-state index >= 15 is 0 Å². The number of hydrogen-bond acceptors (Lipinski definition) is 5. The summed E-state index contributed by atoms with van der Waals surface area (Å²) in [5.41, 5.74) is 2.88. The summed E-state index contributed by atoms with van der Waals surface area (Å²) < 4.78 is 8.04. The van der Waals surface area contributed by atoms with E-state index in [0.717, 1.165) is 40.0 Å². The van der Waals surface area contributed by atoms with Gasteiger partial charge in [0.25, 0.3) is 0 Å². The van der Waals surface area contributed by atoms with Gasteiger partial charge in [0.05, 0.1) is 22.7 Å². The first-order valence-electron chi connectivity index (χ1n) is 10.5. The molecule has 7 heteroatoms. The van der Waals surface area contributed by atoms with Gasteiger partial charge in [-0.15, -0.1) is 0 Å². The summed E-state index contributed by atoms with van der Waals surface area (Å²) in [7, 11) is 5.42. The maximum atomic E-state index is 13.3. The van der Waals surface area contributed by atoms with Crippen LogP contribution >= 0.6 is 15.9 Å². The van der Waals surface area contributed by atoms with Gasteiger partial charge in [0.15, 0.2) is 5.78 Å². The van der Waals surface area contributed by atoms with Gasteiger partial charge in [-0.05, 0) is 59.1 Å². The number of nitrogens with zero attached hydrogens (tertiary/aromatic N) is 3. The Kier molecular flexibility index (Phi) is 6.32. The maximum Gasteiger partial charge on any atom is 0.191 e. The summed E-state index contributed by atoms with van der Waals surface area (Å²) in [6.45, 7) is 0. The minimum atomic E-state index is -0.0799. The molecule has 3 aromatic rings. The third kappa shape index (κ3) is 4.46. The molecule has 1 saturated carbocycles. The van der Waals surface area contributed by atoms with E-state index in [1.54, 1.807) is 19.4 Å². The highest BCUT2D eigenvalue weighted by molar-refractivity contribution is 9.10. The van der Waals surface area contributed by atoms with Gasteiger partial charge >= 0.3 is 0 Å². The number of benzene rings is 1. The molecule has 0 amide bonds. The van der Waals surface area contributed by atoms with Crippen molar-refractivity contribution in [3.05, 3.63) is 58.7 Å². The van der Waals surface area contributed by atoms with Gasteiger partial charge < -0.3 is 15.0 Å². The minimum Gasteiger partial charge on any atom is -0.496 e. The molecule has 0 bridgehead atoms. The summed E-state index contributed by atoms with van der Waals surface area (Å²) in [5, 5.41) is 8.52. The number of nitrogens with one attached hydrogen (secondary N) is 1. The number of aromatic nitrogens is 2. The molecular formula is C24H27BrN4O2. The summed E-state index contributed by atoms with van der Waals surface area (Å²) in [6, 6.07) is 12.2. The van der Waals surface area contributed by atoms with E-state index in [4.69, 9.17) is 9.84 Å². The summed E-state index contributed by atoms with van der Waals surface area (Å²) in [4.78, 5) is 15.1. The second-order valence-electron chi connectivity index (χ2n) is 8.05. The Balaban J connectivity index is 1.87. The molecule has 0 radical (unpaired) electrons. The van der Waals surface area contributed by atoms with Crippen molar-refractivity contribution in [1.29, 1.82) is 0 Å². The van der Waals surface area contributed by atoms with Gasteiger partial charge in [-0.25, -0.2) is 4.52 Å². The van der Waals surface area contributed by atoms with Gasteiger partial charge in [-0.1, -0.05) is 18.9 Å². The number of allylic oxidation sites excluding steroid dienone is 1. The number of ketones is 1. The van der Waals surface area contributed by atoms with E-state index in [2.05, 4.69) is 21.2 Å². The molecule has 1 aliphatic carbocycles. The smallest absolute Gasteiger partial charge is 0.191 e. The second kappa shape index (κ2) is 9.14. The van der Waals surface area contributed by atoms with Crippen LogP contribution in [-0.2, 0) is 0 Å². The van der Waals surface area contributed by atoms with Crippen LogP contribution in [0.2, 0.25) is 0 Å². The number of rotatable bonds is 7. The first-order chi connectivity index (χ1) is 15.0. The highest BCUT2D eigenvalue weighted by Crippen LogP contribution is 2.34. The number of carbonyl (C=O) groups excluding carboxylic acids is 1. The molecule has 162 valence electrons. The zero-order valence-electron chi connectivity index (χ0n) is 18.1. The van der Waals surface area contributed by atoms with Crippen molar-refractivity contribution in [3.63, 3.8) is 0 Å². The van der Waals surface area contributed by atoms with Crippen molar-refractivity contribution in [3.8, 4) is 17.0 Å². The highest BCUT2D eigenvalue weighted by Gasteiger charge is 2.23. The number of carbonyl (C=O) groups is 1. The van der Waals surface area contributed by atoms with Gasteiger partial charge in [0.1, 0.15) is 17.3 Å². The first-order valence-corrected chi connectivity index (χ1v) is 11.3. The number of pyridine rings is 1. The van der Waals surface area contributed by atoms with Crippen LogP contribution in [0.3, 0.4) is 0 Å². The van der Waals surface area contributed by atoms with E-state index in [1.807, 2.05) is 59.9 Å². The Labute approximate surface area is 191 Å². The van der Waals surface area contributed by atoms with Crippen LogP contribution in [-0.4, -0.2) is 47.5 Å². The SMILES string of the molecule is COc1ccc(-c2nn3c(NC4CCCC4)cccc3c2C(=O)C=CN(C)C)cc1Br. The van der Waals surface area contributed by atoms with Gasteiger partial charge in [-0.2, -0.15) is 5.10 Å². The van der Waals surface area contributed by atoms with Crippen molar-refractivity contribution in [1.82, 2.24) is 14.5 Å². The third-order valence-electron chi connectivity index (χ3n) is 5.56. The molecule has 1 fully saturated rings. The molecule has 6 nitrogen and oxygen atoms in total. The van der Waals surface area contributed by atoms with Crippen LogP contribution in [0.1, 0.15) is 36.0 Å². The molecule has 31 heavy (non-hydrogen) atoms. The molecule has 0 spiro atoms. The molecule has 1 aromatic carbocycles. The average molecular weight is 483 g/mol. The summed E-state index contributed by atoms with van der Waals surface area (Å²) >= 11 is 3.56. The molecule has 2 heterocycles. The van der Waals surface area contributed by atoms with Crippen molar-refractivity contribution in [2.75, 3.05) is 26.5 Å². The zero-order valence-corrected chi connectivity index (χ0v) is 19.6. The van der Waals surface area contributed by atoms with E-state index < -0.39 is 0 Å². The summed E-state index contributed by atoms with van der Waals surface area (Å²) in [5.74, 6) is 1.56. The fraction of sp³-hybridized carbons (Fsp3) is 0.333. The Hall–Kier alpha value is -2.80. The Morgan fingerprint density at radius 3 is 2.71 bits per heavy atom. The van der Waals surface area contributed by atoms with E-state index in [-0.39, 0.29) is 5.78 Å². The lowest BCUT2D eigenvalue weighted by Gasteiger charge is -2.14. The van der Waals surface area contributed by atoms with Gasteiger partial charge in [-0.3, -0.25) is 4.79 Å². The quantitative estimate of drug-likeness (QED) is 0.361. The molecule has 0 atom stereocenters. The largest absolute Gasteiger partial charge is 0.496 e. The van der Waals surface area contributed by atoms with Crippen LogP contribution in [0.4, 0.5) is 5.82 Å². The predicted molar refractivity (Wildman–Crippen MR) is 128 cm³/mol. The molecule has 0 unspecified atom stereocenters. The van der Waals surface area contributed by atoms with Crippen LogP contribution in [0.5, 0.6) is 5.75 Å². The van der Waals surface area contributed by atoms with Crippen LogP contribution in [0, 0.1) is 0 Å². The van der Waals surface area contributed by atoms with E-state index in [0.29, 0.717) is 17.3 Å². The Morgan fingerprint density at radius 1 is 1.26 bits per heavy atom. The number of ether oxygens (including phenoxy) is 1. The van der Waals surface area contributed by atoms with Crippen LogP contribution in [0.15, 0.2) is 53.1 Å². The lowest BCUT2D eigenvalue weighted by Crippen LogP contribution is -2.17. The lowest BCUT2D eigenvalue weighted by atomic mass is 10.0. The molecular weight excluding hydrogens is 456 g/mol. The fourth-order valence-electron chi connectivity index (χ4n) is 4.02. The van der Waals surface area contributed by atoms with Gasteiger partial charge in [0, 0.05) is 38.0 Å². The maximum absolute atomic E-state index is 13.3. The number of fused-ring (bicyclic) bond motifs is 1. The van der Waals surface area contributed by atoms with Crippen molar-refractivity contribution in [2.24, 2.45) is 0 Å². The third-order valence-corrected chi connectivity index (χ3v) is 6.18. The molecule has 4 rings (SSSR count). The lowest BCUT2D eigenvalue weighted by molar-refractivity contribution is 0.104. The monoisotopic (exact) mass is 482 g/mol. The minimum absolute atomic E-state index is 0.0799. The molecule has 2 aromatic heterocycles. The average Bonchev–Trinajstić information content (AvgIpc) is 3.40. The number of anilines is 1.